The fraction of sp³-hybridized carbons (Fsp3) is 0.200. The number of ether oxygens (including phenoxy) is 2. The topological polar surface area (TPSA) is 30.5 Å². The van der Waals surface area contributed by atoms with E-state index in [-0.39, 0.29) is 5.82 Å². The lowest BCUT2D eigenvalue weighted by Gasteiger charge is -2.14. The van der Waals surface area contributed by atoms with Crippen molar-refractivity contribution in [2.75, 3.05) is 19.5 Å². The van der Waals surface area contributed by atoms with Crippen molar-refractivity contribution in [1.29, 1.82) is 0 Å². The molecule has 0 atom stereocenters. The quantitative estimate of drug-likeness (QED) is 0.857. The molecule has 6 heteroatoms. The Morgan fingerprint density at radius 2 is 1.86 bits per heavy atom. The van der Waals surface area contributed by atoms with Crippen LogP contribution in [0.5, 0.6) is 11.5 Å². The first-order chi connectivity index (χ1) is 10.1. The van der Waals surface area contributed by atoms with Gasteiger partial charge in [-0.05, 0) is 29.8 Å². The summed E-state index contributed by atoms with van der Waals surface area (Å²) in [6.45, 7) is 0.421. The van der Waals surface area contributed by atoms with E-state index in [9.17, 15) is 4.39 Å². The van der Waals surface area contributed by atoms with E-state index >= 15 is 0 Å². The summed E-state index contributed by atoms with van der Waals surface area (Å²) in [5.41, 5.74) is 1.44. The van der Waals surface area contributed by atoms with Crippen LogP contribution in [0.4, 0.5) is 10.1 Å². The van der Waals surface area contributed by atoms with Crippen molar-refractivity contribution in [1.82, 2.24) is 0 Å². The number of halogens is 3. The van der Waals surface area contributed by atoms with Gasteiger partial charge in [-0.3, -0.25) is 0 Å². The zero-order chi connectivity index (χ0) is 15.4. The maximum Gasteiger partial charge on any atom is 0.179 e. The molecule has 0 bridgehead atoms. The molecule has 112 valence electrons. The summed E-state index contributed by atoms with van der Waals surface area (Å²) in [7, 11) is 3.07. The fourth-order valence-corrected chi connectivity index (χ4v) is 2.42. The second kappa shape index (κ2) is 6.87. The van der Waals surface area contributed by atoms with Crippen molar-refractivity contribution in [2.45, 2.75) is 6.54 Å². The SMILES string of the molecule is COc1ccc(CNc2ccc(F)cc2Cl)c(Cl)c1OC. The average Bonchev–Trinajstić information content (AvgIpc) is 2.47. The van der Waals surface area contributed by atoms with Gasteiger partial charge in [0.2, 0.25) is 0 Å². The summed E-state index contributed by atoms with van der Waals surface area (Å²) in [6.07, 6.45) is 0. The maximum absolute atomic E-state index is 13.0. The smallest absolute Gasteiger partial charge is 0.179 e. The van der Waals surface area contributed by atoms with Gasteiger partial charge in [0, 0.05) is 6.54 Å². The van der Waals surface area contributed by atoms with Crippen molar-refractivity contribution in [3.63, 3.8) is 0 Å². The molecule has 21 heavy (non-hydrogen) atoms. The number of rotatable bonds is 5. The molecule has 1 N–H and O–H groups in total. The minimum absolute atomic E-state index is 0.312. The van der Waals surface area contributed by atoms with E-state index in [2.05, 4.69) is 5.32 Å². The molecule has 0 aliphatic carbocycles. The molecule has 0 fully saturated rings. The van der Waals surface area contributed by atoms with Gasteiger partial charge < -0.3 is 14.8 Å². The molecule has 0 saturated heterocycles. The summed E-state index contributed by atoms with van der Waals surface area (Å²) in [5, 5.41) is 3.88. The van der Waals surface area contributed by atoms with Gasteiger partial charge in [-0.15, -0.1) is 0 Å². The van der Waals surface area contributed by atoms with Crippen molar-refractivity contribution >= 4 is 28.9 Å². The fourth-order valence-electron chi connectivity index (χ4n) is 1.89. The summed E-state index contributed by atoms with van der Waals surface area (Å²) < 4.78 is 23.4. The lowest BCUT2D eigenvalue weighted by molar-refractivity contribution is 0.355. The molecule has 3 nitrogen and oxygen atoms in total. The number of methoxy groups -OCH3 is 2. The number of nitrogens with one attached hydrogen (secondary N) is 1. The Kier molecular flexibility index (Phi) is 5.15. The highest BCUT2D eigenvalue weighted by molar-refractivity contribution is 6.33. The first-order valence-corrected chi connectivity index (χ1v) is 6.90. The van der Waals surface area contributed by atoms with Crippen LogP contribution in [-0.2, 0) is 6.54 Å². The Hall–Kier alpha value is -1.65. The Morgan fingerprint density at radius 3 is 2.48 bits per heavy atom. The number of benzene rings is 2. The van der Waals surface area contributed by atoms with Crippen LogP contribution >= 0.6 is 23.2 Å². The van der Waals surface area contributed by atoms with Gasteiger partial charge in [0.1, 0.15) is 5.82 Å². The minimum atomic E-state index is -0.380. The van der Waals surface area contributed by atoms with Gasteiger partial charge in [-0.1, -0.05) is 29.3 Å². The Morgan fingerprint density at radius 1 is 1.10 bits per heavy atom. The van der Waals surface area contributed by atoms with E-state index in [1.165, 1.54) is 19.2 Å². The molecule has 2 rings (SSSR count). The molecule has 0 aromatic heterocycles. The predicted octanol–water partition coefficient (Wildman–Crippen LogP) is 4.76. The third kappa shape index (κ3) is 3.52. The Labute approximate surface area is 132 Å². The van der Waals surface area contributed by atoms with Crippen LogP contribution in [0.2, 0.25) is 10.0 Å². The molecule has 0 amide bonds. The van der Waals surface area contributed by atoms with Gasteiger partial charge in [0.05, 0.1) is 30.0 Å². The number of hydrogen-bond donors (Lipinski definition) is 1. The van der Waals surface area contributed by atoms with Crippen LogP contribution in [0, 0.1) is 5.82 Å². The van der Waals surface area contributed by atoms with Crippen LogP contribution in [0.25, 0.3) is 0 Å². The highest BCUT2D eigenvalue weighted by Gasteiger charge is 2.13. The van der Waals surface area contributed by atoms with Crippen molar-refractivity contribution in [3.05, 3.63) is 51.8 Å². The molecule has 2 aromatic carbocycles. The van der Waals surface area contributed by atoms with Gasteiger partial charge in [-0.25, -0.2) is 4.39 Å². The first-order valence-electron chi connectivity index (χ1n) is 6.15. The third-order valence-corrected chi connectivity index (χ3v) is 3.69. The van der Waals surface area contributed by atoms with Crippen LogP contribution in [0.1, 0.15) is 5.56 Å². The highest BCUT2D eigenvalue weighted by Crippen LogP contribution is 2.37. The van der Waals surface area contributed by atoms with E-state index in [0.29, 0.717) is 33.8 Å². The van der Waals surface area contributed by atoms with Crippen molar-refractivity contribution in [2.24, 2.45) is 0 Å². The molecule has 0 aliphatic heterocycles. The van der Waals surface area contributed by atoms with Crippen LogP contribution in [0.3, 0.4) is 0 Å². The molecular formula is C15H14Cl2FNO2. The van der Waals surface area contributed by atoms with Gasteiger partial charge in [-0.2, -0.15) is 0 Å². The van der Waals surface area contributed by atoms with E-state index < -0.39 is 0 Å². The maximum atomic E-state index is 13.0. The predicted molar refractivity (Wildman–Crippen MR) is 83.3 cm³/mol. The van der Waals surface area contributed by atoms with Crippen molar-refractivity contribution in [3.8, 4) is 11.5 Å². The zero-order valence-electron chi connectivity index (χ0n) is 11.5. The molecule has 0 spiro atoms. The van der Waals surface area contributed by atoms with Crippen LogP contribution in [-0.4, -0.2) is 14.2 Å². The second-order valence-corrected chi connectivity index (χ2v) is 5.04. The van der Waals surface area contributed by atoms with Crippen LogP contribution < -0.4 is 14.8 Å². The molecule has 0 unspecified atom stereocenters. The minimum Gasteiger partial charge on any atom is -0.493 e. The lowest BCUT2D eigenvalue weighted by Crippen LogP contribution is -2.02. The molecular weight excluding hydrogens is 316 g/mol. The normalized spacial score (nSPS) is 10.3. The first kappa shape index (κ1) is 15.7. The number of hydrogen-bond acceptors (Lipinski definition) is 3. The monoisotopic (exact) mass is 329 g/mol. The Bertz CT molecular complexity index is 650. The molecule has 0 aliphatic rings. The lowest BCUT2D eigenvalue weighted by atomic mass is 10.2. The standard InChI is InChI=1S/C15H14Cl2FNO2/c1-20-13-6-3-9(14(17)15(13)21-2)8-19-12-5-4-10(18)7-11(12)16/h3-7,19H,8H2,1-2H3. The Balaban J connectivity index is 2.20. The number of anilines is 1. The summed E-state index contributed by atoms with van der Waals surface area (Å²) in [5.74, 6) is 0.657. The summed E-state index contributed by atoms with van der Waals surface area (Å²) in [6, 6.07) is 7.76. The van der Waals surface area contributed by atoms with Gasteiger partial charge in [0.15, 0.2) is 11.5 Å². The van der Waals surface area contributed by atoms with Gasteiger partial charge in [0.25, 0.3) is 0 Å². The summed E-state index contributed by atoms with van der Waals surface area (Å²) in [4.78, 5) is 0. The molecule has 2 aromatic rings. The average molecular weight is 330 g/mol. The van der Waals surface area contributed by atoms with E-state index in [1.807, 2.05) is 6.07 Å². The molecule has 0 radical (unpaired) electrons. The summed E-state index contributed by atoms with van der Waals surface area (Å²) >= 11 is 12.2. The second-order valence-electron chi connectivity index (χ2n) is 4.25. The van der Waals surface area contributed by atoms with Crippen molar-refractivity contribution < 1.29 is 13.9 Å². The third-order valence-electron chi connectivity index (χ3n) is 2.97. The largest absolute Gasteiger partial charge is 0.493 e. The van der Waals surface area contributed by atoms with E-state index in [0.717, 1.165) is 5.56 Å². The van der Waals surface area contributed by atoms with Gasteiger partial charge >= 0.3 is 0 Å². The van der Waals surface area contributed by atoms with Crippen LogP contribution in [0.15, 0.2) is 30.3 Å². The van der Waals surface area contributed by atoms with E-state index in [4.69, 9.17) is 32.7 Å². The van der Waals surface area contributed by atoms with E-state index in [1.54, 1.807) is 19.2 Å². The highest BCUT2D eigenvalue weighted by atomic mass is 35.5. The zero-order valence-corrected chi connectivity index (χ0v) is 13.1. The molecule has 0 heterocycles. The molecule has 0 saturated carbocycles.